The molecule has 0 aromatic carbocycles. The second-order valence-electron chi connectivity index (χ2n) is 4.79. The van der Waals surface area contributed by atoms with Crippen LogP contribution < -0.4 is 10.6 Å². The minimum atomic E-state index is 0.352. The predicted molar refractivity (Wildman–Crippen MR) is 80.3 cm³/mol. The van der Waals surface area contributed by atoms with E-state index in [1.165, 1.54) is 4.88 Å². The molecule has 0 aliphatic rings. The minimum absolute atomic E-state index is 0.352. The maximum absolute atomic E-state index is 5.65. The van der Waals surface area contributed by atoms with Crippen molar-refractivity contribution < 1.29 is 0 Å². The Labute approximate surface area is 118 Å². The zero-order chi connectivity index (χ0) is 13.8. The van der Waals surface area contributed by atoms with E-state index < -0.39 is 0 Å². The number of nitrogens with zero attached hydrogens (tertiary/aromatic N) is 3. The smallest absolute Gasteiger partial charge is 0.226 e. The third kappa shape index (κ3) is 3.30. The molecule has 0 atom stereocenters. The van der Waals surface area contributed by atoms with Gasteiger partial charge in [-0.1, -0.05) is 6.07 Å². The minimum Gasteiger partial charge on any atom is -0.333 e. The van der Waals surface area contributed by atoms with E-state index in [0.29, 0.717) is 12.6 Å². The van der Waals surface area contributed by atoms with Gasteiger partial charge in [-0.05, 0) is 32.2 Å². The highest BCUT2D eigenvalue weighted by atomic mass is 32.1. The molecule has 0 bridgehead atoms. The molecule has 2 N–H and O–H groups in total. The predicted octanol–water partition coefficient (Wildman–Crippen LogP) is 2.72. The molecular weight excluding hydrogens is 256 g/mol. The van der Waals surface area contributed by atoms with Crippen molar-refractivity contribution >= 4 is 17.3 Å². The normalized spacial score (nSPS) is 11.0. The first-order valence-corrected chi connectivity index (χ1v) is 7.31. The largest absolute Gasteiger partial charge is 0.333 e. The molecule has 2 aromatic rings. The fraction of sp³-hybridized carbons (Fsp3) is 0.429. The highest BCUT2D eigenvalue weighted by Crippen LogP contribution is 2.19. The van der Waals surface area contributed by atoms with Crippen molar-refractivity contribution in [1.29, 1.82) is 0 Å². The second-order valence-corrected chi connectivity index (χ2v) is 5.82. The molecule has 0 unspecified atom stereocenters. The van der Waals surface area contributed by atoms with E-state index in [0.717, 1.165) is 23.8 Å². The first-order chi connectivity index (χ1) is 9.11. The van der Waals surface area contributed by atoms with E-state index in [1.807, 2.05) is 13.1 Å². The van der Waals surface area contributed by atoms with Crippen LogP contribution in [0.4, 0.5) is 5.95 Å². The van der Waals surface area contributed by atoms with Crippen LogP contribution in [0.3, 0.4) is 0 Å². The van der Waals surface area contributed by atoms with Gasteiger partial charge < -0.3 is 10.6 Å². The van der Waals surface area contributed by atoms with Gasteiger partial charge in [-0.15, -0.1) is 11.3 Å². The lowest BCUT2D eigenvalue weighted by molar-refractivity contribution is 0.662. The summed E-state index contributed by atoms with van der Waals surface area (Å²) in [6.45, 7) is 7.62. The topological polar surface area (TPSA) is 55.0 Å². The Morgan fingerprint density at radius 1 is 1.42 bits per heavy atom. The van der Waals surface area contributed by atoms with Crippen molar-refractivity contribution in [3.05, 3.63) is 39.8 Å². The summed E-state index contributed by atoms with van der Waals surface area (Å²) in [6.07, 6.45) is 1.83. The van der Waals surface area contributed by atoms with Gasteiger partial charge in [0.05, 0.1) is 6.54 Å². The fourth-order valence-corrected chi connectivity index (χ4v) is 2.58. The quantitative estimate of drug-likeness (QED) is 0.912. The summed E-state index contributed by atoms with van der Waals surface area (Å²) < 4.78 is 0. The second kappa shape index (κ2) is 6.12. The summed E-state index contributed by atoms with van der Waals surface area (Å²) >= 11 is 1.76. The van der Waals surface area contributed by atoms with Crippen LogP contribution in [0.25, 0.3) is 0 Å². The summed E-state index contributed by atoms with van der Waals surface area (Å²) in [7, 11) is 0. The SMILES string of the molecule is Cc1nc(N(Cc2cccs2)C(C)C)ncc1CN. The third-order valence-electron chi connectivity index (χ3n) is 3.07. The van der Waals surface area contributed by atoms with Crippen LogP contribution in [-0.4, -0.2) is 16.0 Å². The number of rotatable bonds is 5. The molecule has 2 aromatic heterocycles. The highest BCUT2D eigenvalue weighted by molar-refractivity contribution is 7.09. The number of thiophene rings is 1. The maximum Gasteiger partial charge on any atom is 0.226 e. The standard InChI is InChI=1S/C14H20N4S/c1-10(2)18(9-13-5-4-6-19-13)14-16-8-12(7-15)11(3)17-14/h4-6,8,10H,7,9,15H2,1-3H3. The Hall–Kier alpha value is -1.46. The summed E-state index contributed by atoms with van der Waals surface area (Å²) in [5, 5.41) is 2.09. The lowest BCUT2D eigenvalue weighted by atomic mass is 10.2. The molecule has 0 spiro atoms. The lowest BCUT2D eigenvalue weighted by Gasteiger charge is -2.26. The maximum atomic E-state index is 5.65. The zero-order valence-corrected chi connectivity index (χ0v) is 12.4. The molecule has 2 heterocycles. The van der Waals surface area contributed by atoms with Crippen molar-refractivity contribution in [3.63, 3.8) is 0 Å². The summed E-state index contributed by atoms with van der Waals surface area (Å²) in [6, 6.07) is 4.56. The molecule has 0 aliphatic heterocycles. The number of aromatic nitrogens is 2. The Morgan fingerprint density at radius 3 is 2.74 bits per heavy atom. The van der Waals surface area contributed by atoms with Crippen molar-refractivity contribution in [2.45, 2.75) is 39.9 Å². The molecule has 0 fully saturated rings. The number of nitrogens with two attached hydrogens (primary N) is 1. The summed E-state index contributed by atoms with van der Waals surface area (Å²) in [4.78, 5) is 12.6. The van der Waals surface area contributed by atoms with Crippen LogP contribution in [0, 0.1) is 6.92 Å². The van der Waals surface area contributed by atoms with E-state index in [9.17, 15) is 0 Å². The Kier molecular flexibility index (Phi) is 4.50. The Balaban J connectivity index is 2.26. The van der Waals surface area contributed by atoms with Crippen molar-refractivity contribution in [2.24, 2.45) is 5.73 Å². The molecular formula is C14H20N4S. The van der Waals surface area contributed by atoms with Crippen molar-refractivity contribution in [3.8, 4) is 0 Å². The van der Waals surface area contributed by atoms with Gasteiger partial charge in [0.25, 0.3) is 0 Å². The van der Waals surface area contributed by atoms with Crippen LogP contribution in [0.15, 0.2) is 23.7 Å². The van der Waals surface area contributed by atoms with Crippen LogP contribution >= 0.6 is 11.3 Å². The van der Waals surface area contributed by atoms with E-state index in [1.54, 1.807) is 11.3 Å². The van der Waals surface area contributed by atoms with E-state index >= 15 is 0 Å². The molecule has 0 radical (unpaired) electrons. The van der Waals surface area contributed by atoms with E-state index in [4.69, 9.17) is 5.73 Å². The highest BCUT2D eigenvalue weighted by Gasteiger charge is 2.15. The van der Waals surface area contributed by atoms with Crippen molar-refractivity contribution in [1.82, 2.24) is 9.97 Å². The molecule has 102 valence electrons. The lowest BCUT2D eigenvalue weighted by Crippen LogP contribution is -2.31. The molecule has 4 nitrogen and oxygen atoms in total. The van der Waals surface area contributed by atoms with Gasteiger partial charge in [0.2, 0.25) is 5.95 Å². The van der Waals surface area contributed by atoms with Gasteiger partial charge in [0.1, 0.15) is 0 Å². The summed E-state index contributed by atoms with van der Waals surface area (Å²) in [5.74, 6) is 0.776. The number of aryl methyl sites for hydroxylation is 1. The molecule has 2 rings (SSSR count). The number of hydrogen-bond acceptors (Lipinski definition) is 5. The molecule has 0 saturated heterocycles. The molecule has 0 aliphatic carbocycles. The number of anilines is 1. The van der Waals surface area contributed by atoms with Gasteiger partial charge in [-0.25, -0.2) is 9.97 Å². The van der Waals surface area contributed by atoms with E-state index in [2.05, 4.69) is 46.2 Å². The third-order valence-corrected chi connectivity index (χ3v) is 3.94. The zero-order valence-electron chi connectivity index (χ0n) is 11.6. The fourth-order valence-electron chi connectivity index (χ4n) is 1.87. The first kappa shape index (κ1) is 14.0. The van der Waals surface area contributed by atoms with Gasteiger partial charge in [0, 0.05) is 34.9 Å². The monoisotopic (exact) mass is 276 g/mol. The first-order valence-electron chi connectivity index (χ1n) is 6.43. The van der Waals surface area contributed by atoms with Crippen LogP contribution in [0.2, 0.25) is 0 Å². The van der Waals surface area contributed by atoms with Crippen LogP contribution in [0.1, 0.15) is 30.0 Å². The Morgan fingerprint density at radius 2 is 2.21 bits per heavy atom. The molecule has 5 heteroatoms. The Bertz CT molecular complexity index is 522. The van der Waals surface area contributed by atoms with Gasteiger partial charge >= 0.3 is 0 Å². The van der Waals surface area contributed by atoms with Gasteiger partial charge in [-0.2, -0.15) is 0 Å². The van der Waals surface area contributed by atoms with Gasteiger partial charge in [-0.3, -0.25) is 0 Å². The number of hydrogen-bond donors (Lipinski definition) is 1. The average molecular weight is 276 g/mol. The van der Waals surface area contributed by atoms with Gasteiger partial charge in [0.15, 0.2) is 0 Å². The molecule has 19 heavy (non-hydrogen) atoms. The van der Waals surface area contributed by atoms with Crippen LogP contribution in [0.5, 0.6) is 0 Å². The summed E-state index contributed by atoms with van der Waals surface area (Å²) in [5.41, 5.74) is 7.62. The average Bonchev–Trinajstić information content (AvgIpc) is 2.88. The van der Waals surface area contributed by atoms with Crippen LogP contribution in [-0.2, 0) is 13.1 Å². The van der Waals surface area contributed by atoms with Crippen molar-refractivity contribution in [2.75, 3.05) is 4.90 Å². The molecule has 0 amide bonds. The van der Waals surface area contributed by atoms with E-state index in [-0.39, 0.29) is 0 Å². The molecule has 0 saturated carbocycles.